The van der Waals surface area contributed by atoms with Crippen LogP contribution < -0.4 is 10.6 Å². The molecule has 1 heterocycles. The van der Waals surface area contributed by atoms with Gasteiger partial charge in [0.2, 0.25) is 0 Å². The molecule has 1 aliphatic heterocycles. The number of allylic oxidation sites excluding steroid dienone is 1. The highest BCUT2D eigenvalue weighted by Crippen LogP contribution is 2.18. The summed E-state index contributed by atoms with van der Waals surface area (Å²) >= 11 is 0. The van der Waals surface area contributed by atoms with E-state index in [1.807, 2.05) is 0 Å². The van der Waals surface area contributed by atoms with Gasteiger partial charge in [0.05, 0.1) is 12.8 Å². The van der Waals surface area contributed by atoms with Gasteiger partial charge in [-0.3, -0.25) is 4.99 Å². The van der Waals surface area contributed by atoms with Gasteiger partial charge in [-0.25, -0.2) is 0 Å². The summed E-state index contributed by atoms with van der Waals surface area (Å²) in [6.45, 7) is 0.830. The minimum absolute atomic E-state index is 0.285. The molecule has 0 radical (unpaired) electrons. The predicted octanol–water partition coefficient (Wildman–Crippen LogP) is 1.01. The molecule has 2 rings (SSSR count). The first-order valence-corrected chi connectivity index (χ1v) is 5.66. The van der Waals surface area contributed by atoms with Gasteiger partial charge >= 0.3 is 0 Å². The predicted molar refractivity (Wildman–Crippen MR) is 60.8 cm³/mol. The molecule has 0 spiro atoms. The molecule has 0 bridgehead atoms. The van der Waals surface area contributed by atoms with Crippen molar-refractivity contribution in [1.82, 2.24) is 10.6 Å². The monoisotopic (exact) mass is 209 g/mol. The highest BCUT2D eigenvalue weighted by Gasteiger charge is 2.22. The van der Waals surface area contributed by atoms with Crippen molar-refractivity contribution >= 4 is 5.96 Å². The number of guanidine groups is 1. The lowest BCUT2D eigenvalue weighted by atomic mass is 10.1. The van der Waals surface area contributed by atoms with Crippen LogP contribution in [0.15, 0.2) is 17.3 Å². The van der Waals surface area contributed by atoms with Crippen LogP contribution in [0, 0.1) is 0 Å². The highest BCUT2D eigenvalue weighted by atomic mass is 16.5. The third-order valence-corrected chi connectivity index (χ3v) is 2.66. The molecule has 84 valence electrons. The lowest BCUT2D eigenvalue weighted by Gasteiger charge is -2.21. The fourth-order valence-electron chi connectivity index (χ4n) is 1.56. The van der Waals surface area contributed by atoms with Gasteiger partial charge in [0, 0.05) is 13.1 Å². The number of rotatable bonds is 3. The van der Waals surface area contributed by atoms with Crippen LogP contribution in [-0.4, -0.2) is 31.7 Å². The zero-order valence-electron chi connectivity index (χ0n) is 9.20. The van der Waals surface area contributed by atoms with E-state index in [-0.39, 0.29) is 6.10 Å². The Balaban J connectivity index is 1.68. The molecule has 4 nitrogen and oxygen atoms in total. The summed E-state index contributed by atoms with van der Waals surface area (Å²) in [4.78, 5) is 4.17. The number of ether oxygens (including phenoxy) is 1. The van der Waals surface area contributed by atoms with Gasteiger partial charge in [-0.2, -0.15) is 0 Å². The molecule has 0 aromatic carbocycles. The third kappa shape index (κ3) is 3.46. The van der Waals surface area contributed by atoms with Crippen LogP contribution >= 0.6 is 0 Å². The largest absolute Gasteiger partial charge is 0.497 e. The minimum Gasteiger partial charge on any atom is -0.497 e. The molecule has 4 heteroatoms. The van der Waals surface area contributed by atoms with Gasteiger partial charge in [0.15, 0.2) is 5.96 Å². The van der Waals surface area contributed by atoms with E-state index in [9.17, 15) is 0 Å². The average molecular weight is 209 g/mol. The third-order valence-electron chi connectivity index (χ3n) is 2.66. The maximum atomic E-state index is 5.47. The van der Waals surface area contributed by atoms with Crippen LogP contribution in [0.2, 0.25) is 0 Å². The molecule has 0 aromatic rings. The topological polar surface area (TPSA) is 45.7 Å². The van der Waals surface area contributed by atoms with Gasteiger partial charge in [-0.1, -0.05) is 0 Å². The Morgan fingerprint density at radius 2 is 2.33 bits per heavy atom. The van der Waals surface area contributed by atoms with Crippen molar-refractivity contribution in [2.75, 3.05) is 13.6 Å². The molecule has 2 N–H and O–H groups in total. The Bertz CT molecular complexity index is 259. The van der Waals surface area contributed by atoms with Gasteiger partial charge < -0.3 is 15.4 Å². The SMILES string of the molecule is CN=C(NCC1CCC=CO1)NC1CC1. The Labute approximate surface area is 90.8 Å². The summed E-state index contributed by atoms with van der Waals surface area (Å²) in [5, 5.41) is 6.64. The lowest BCUT2D eigenvalue weighted by molar-refractivity contribution is 0.127. The van der Waals surface area contributed by atoms with Crippen LogP contribution in [0.4, 0.5) is 0 Å². The summed E-state index contributed by atoms with van der Waals surface area (Å²) in [5.41, 5.74) is 0. The van der Waals surface area contributed by atoms with Gasteiger partial charge in [-0.05, 0) is 31.8 Å². The molecule has 2 aliphatic rings. The average Bonchev–Trinajstić information content (AvgIpc) is 3.09. The van der Waals surface area contributed by atoms with Crippen LogP contribution in [0.25, 0.3) is 0 Å². The van der Waals surface area contributed by atoms with Gasteiger partial charge in [0.25, 0.3) is 0 Å². The van der Waals surface area contributed by atoms with Crippen LogP contribution in [0.5, 0.6) is 0 Å². The Morgan fingerprint density at radius 1 is 1.47 bits per heavy atom. The number of nitrogens with one attached hydrogen (secondary N) is 2. The number of aliphatic imine (C=N–C) groups is 1. The number of hydrogen-bond donors (Lipinski definition) is 2. The number of nitrogens with zero attached hydrogens (tertiary/aromatic N) is 1. The standard InChI is InChI=1S/C11H19N3O/c1-12-11(14-9-5-6-9)13-8-10-4-2-3-7-15-10/h3,7,9-10H,2,4-6,8H2,1H3,(H2,12,13,14). The molecule has 1 fully saturated rings. The second-order valence-corrected chi connectivity index (χ2v) is 4.08. The molecule has 1 atom stereocenters. The molecule has 0 aromatic heterocycles. The Kier molecular flexibility index (Phi) is 3.48. The first kappa shape index (κ1) is 10.3. The first-order valence-electron chi connectivity index (χ1n) is 5.66. The van der Waals surface area contributed by atoms with E-state index in [2.05, 4.69) is 21.7 Å². The van der Waals surface area contributed by atoms with Crippen molar-refractivity contribution in [3.8, 4) is 0 Å². The van der Waals surface area contributed by atoms with Crippen LogP contribution in [-0.2, 0) is 4.74 Å². The smallest absolute Gasteiger partial charge is 0.191 e. The number of hydrogen-bond acceptors (Lipinski definition) is 2. The molecule has 0 amide bonds. The van der Waals surface area contributed by atoms with Crippen molar-refractivity contribution < 1.29 is 4.74 Å². The quantitative estimate of drug-likeness (QED) is 0.538. The van der Waals surface area contributed by atoms with E-state index < -0.39 is 0 Å². The normalized spacial score (nSPS) is 25.9. The fraction of sp³-hybridized carbons (Fsp3) is 0.727. The minimum atomic E-state index is 0.285. The molecule has 1 unspecified atom stereocenters. The van der Waals surface area contributed by atoms with E-state index in [4.69, 9.17) is 4.74 Å². The zero-order valence-corrected chi connectivity index (χ0v) is 9.20. The summed E-state index contributed by atoms with van der Waals surface area (Å²) in [7, 11) is 1.80. The van der Waals surface area contributed by atoms with Crippen molar-refractivity contribution in [2.24, 2.45) is 4.99 Å². The molecule has 1 aliphatic carbocycles. The molecular formula is C11H19N3O. The second kappa shape index (κ2) is 5.05. The molecule has 15 heavy (non-hydrogen) atoms. The summed E-state index contributed by atoms with van der Waals surface area (Å²) < 4.78 is 5.47. The van der Waals surface area contributed by atoms with E-state index in [1.54, 1.807) is 13.3 Å². The van der Waals surface area contributed by atoms with Crippen LogP contribution in [0.3, 0.4) is 0 Å². The van der Waals surface area contributed by atoms with Crippen LogP contribution in [0.1, 0.15) is 25.7 Å². The first-order chi connectivity index (χ1) is 7.38. The Morgan fingerprint density at radius 3 is 2.93 bits per heavy atom. The molecular weight excluding hydrogens is 190 g/mol. The highest BCUT2D eigenvalue weighted by molar-refractivity contribution is 5.80. The van der Waals surface area contributed by atoms with Crippen molar-refractivity contribution in [3.05, 3.63) is 12.3 Å². The van der Waals surface area contributed by atoms with Crippen molar-refractivity contribution in [3.63, 3.8) is 0 Å². The summed E-state index contributed by atoms with van der Waals surface area (Å²) in [6, 6.07) is 0.642. The Hall–Kier alpha value is -1.19. The van der Waals surface area contributed by atoms with Crippen molar-refractivity contribution in [2.45, 2.75) is 37.8 Å². The van der Waals surface area contributed by atoms with E-state index in [0.29, 0.717) is 6.04 Å². The van der Waals surface area contributed by atoms with E-state index in [1.165, 1.54) is 12.8 Å². The molecule has 1 saturated carbocycles. The second-order valence-electron chi connectivity index (χ2n) is 4.08. The summed E-state index contributed by atoms with van der Waals surface area (Å²) in [5.74, 6) is 0.899. The molecule has 0 saturated heterocycles. The zero-order chi connectivity index (χ0) is 10.5. The van der Waals surface area contributed by atoms with E-state index in [0.717, 1.165) is 25.3 Å². The maximum absolute atomic E-state index is 5.47. The maximum Gasteiger partial charge on any atom is 0.191 e. The fourth-order valence-corrected chi connectivity index (χ4v) is 1.56. The van der Waals surface area contributed by atoms with Crippen molar-refractivity contribution in [1.29, 1.82) is 0 Å². The lowest BCUT2D eigenvalue weighted by Crippen LogP contribution is -2.42. The van der Waals surface area contributed by atoms with Gasteiger partial charge in [-0.15, -0.1) is 0 Å². The summed E-state index contributed by atoms with van der Waals surface area (Å²) in [6.07, 6.45) is 8.88. The van der Waals surface area contributed by atoms with E-state index >= 15 is 0 Å². The van der Waals surface area contributed by atoms with Gasteiger partial charge in [0.1, 0.15) is 6.10 Å².